The van der Waals surface area contributed by atoms with Crippen molar-refractivity contribution in [1.29, 1.82) is 0 Å². The van der Waals surface area contributed by atoms with Crippen LogP contribution in [0.4, 0.5) is 11.4 Å². The molecular formula is C21H22N4O3. The largest absolute Gasteiger partial charge is 0.494 e. The highest BCUT2D eigenvalue weighted by molar-refractivity contribution is 6.04. The fraction of sp³-hybridized carbons (Fsp3) is 0.190. The molecule has 0 saturated heterocycles. The Morgan fingerprint density at radius 1 is 1.00 bits per heavy atom. The third-order valence-corrected chi connectivity index (χ3v) is 4.09. The number of aryl methyl sites for hydroxylation is 1. The summed E-state index contributed by atoms with van der Waals surface area (Å²) < 4.78 is 7.14. The number of imidazole rings is 1. The van der Waals surface area contributed by atoms with Crippen LogP contribution >= 0.6 is 0 Å². The van der Waals surface area contributed by atoms with E-state index in [1.54, 1.807) is 65.5 Å². The Labute approximate surface area is 163 Å². The van der Waals surface area contributed by atoms with E-state index in [1.165, 1.54) is 0 Å². The Bertz CT molecular complexity index is 947. The van der Waals surface area contributed by atoms with Crippen LogP contribution < -0.4 is 15.4 Å². The number of hydrogen-bond acceptors (Lipinski definition) is 4. The molecule has 1 aromatic heterocycles. The van der Waals surface area contributed by atoms with Crippen molar-refractivity contribution >= 4 is 23.2 Å². The molecule has 7 heteroatoms. The van der Waals surface area contributed by atoms with Gasteiger partial charge in [0.1, 0.15) is 18.1 Å². The first-order chi connectivity index (χ1) is 13.5. The number of carbonyl (C=O) groups excluding carboxylic acids is 2. The highest BCUT2D eigenvalue weighted by atomic mass is 16.5. The van der Waals surface area contributed by atoms with Crippen molar-refractivity contribution in [3.63, 3.8) is 0 Å². The molecule has 2 N–H and O–H groups in total. The normalized spacial score (nSPS) is 10.4. The Morgan fingerprint density at radius 3 is 2.25 bits per heavy atom. The lowest BCUT2D eigenvalue weighted by Crippen LogP contribution is -2.19. The van der Waals surface area contributed by atoms with E-state index in [1.807, 2.05) is 13.8 Å². The number of carbonyl (C=O) groups is 2. The van der Waals surface area contributed by atoms with Crippen LogP contribution in [0.2, 0.25) is 0 Å². The summed E-state index contributed by atoms with van der Waals surface area (Å²) in [6, 6.07) is 13.9. The van der Waals surface area contributed by atoms with Gasteiger partial charge in [-0.25, -0.2) is 4.98 Å². The number of amides is 2. The molecule has 1 heterocycles. The summed E-state index contributed by atoms with van der Waals surface area (Å²) in [6.07, 6.45) is 3.41. The van der Waals surface area contributed by atoms with Crippen LogP contribution in [0.1, 0.15) is 23.1 Å². The van der Waals surface area contributed by atoms with Crippen LogP contribution in [-0.4, -0.2) is 28.0 Å². The maximum Gasteiger partial charge on any atom is 0.255 e. The fourth-order valence-electron chi connectivity index (χ4n) is 2.64. The first-order valence-electron chi connectivity index (χ1n) is 8.97. The van der Waals surface area contributed by atoms with E-state index in [0.29, 0.717) is 23.5 Å². The molecule has 0 bridgehead atoms. The van der Waals surface area contributed by atoms with Crippen molar-refractivity contribution in [2.24, 2.45) is 0 Å². The van der Waals surface area contributed by atoms with Gasteiger partial charge in [-0.3, -0.25) is 9.59 Å². The van der Waals surface area contributed by atoms with Gasteiger partial charge in [0, 0.05) is 29.3 Å². The van der Waals surface area contributed by atoms with Gasteiger partial charge in [-0.2, -0.15) is 0 Å². The second-order valence-electron chi connectivity index (χ2n) is 6.14. The molecule has 0 saturated carbocycles. The van der Waals surface area contributed by atoms with Crippen molar-refractivity contribution < 1.29 is 14.3 Å². The number of nitrogens with zero attached hydrogens (tertiary/aromatic N) is 2. The SMILES string of the molecule is CCOc1ccc(NC(=O)c2ccc(NC(=O)Cn3ccnc3C)cc2)cc1. The minimum atomic E-state index is -0.226. The molecule has 28 heavy (non-hydrogen) atoms. The fourth-order valence-corrected chi connectivity index (χ4v) is 2.64. The first-order valence-corrected chi connectivity index (χ1v) is 8.97. The Balaban J connectivity index is 1.56. The van der Waals surface area contributed by atoms with Gasteiger partial charge in [-0.1, -0.05) is 0 Å². The van der Waals surface area contributed by atoms with Crippen LogP contribution in [0.15, 0.2) is 60.9 Å². The monoisotopic (exact) mass is 378 g/mol. The predicted molar refractivity (Wildman–Crippen MR) is 108 cm³/mol. The minimum Gasteiger partial charge on any atom is -0.494 e. The van der Waals surface area contributed by atoms with E-state index in [0.717, 1.165) is 11.6 Å². The van der Waals surface area contributed by atoms with Gasteiger partial charge >= 0.3 is 0 Å². The number of nitrogens with one attached hydrogen (secondary N) is 2. The lowest BCUT2D eigenvalue weighted by Gasteiger charge is -2.09. The average molecular weight is 378 g/mol. The van der Waals surface area contributed by atoms with Gasteiger partial charge in [0.15, 0.2) is 0 Å². The zero-order valence-electron chi connectivity index (χ0n) is 15.8. The molecule has 0 fully saturated rings. The second-order valence-corrected chi connectivity index (χ2v) is 6.14. The van der Waals surface area contributed by atoms with Gasteiger partial charge in [0.25, 0.3) is 5.91 Å². The topological polar surface area (TPSA) is 85.3 Å². The number of hydrogen-bond donors (Lipinski definition) is 2. The number of ether oxygens (including phenoxy) is 1. The average Bonchev–Trinajstić information content (AvgIpc) is 3.08. The molecule has 0 aliphatic carbocycles. The van der Waals surface area contributed by atoms with Crippen LogP contribution in [0.25, 0.3) is 0 Å². The molecule has 3 rings (SSSR count). The van der Waals surface area contributed by atoms with Crippen molar-refractivity contribution in [3.8, 4) is 5.75 Å². The molecular weight excluding hydrogens is 356 g/mol. The maximum absolute atomic E-state index is 12.4. The highest BCUT2D eigenvalue weighted by Crippen LogP contribution is 2.17. The molecule has 2 aromatic carbocycles. The summed E-state index contributed by atoms with van der Waals surface area (Å²) in [5.74, 6) is 1.15. The van der Waals surface area contributed by atoms with E-state index in [4.69, 9.17) is 4.74 Å². The molecule has 0 atom stereocenters. The van der Waals surface area contributed by atoms with Crippen molar-refractivity contribution in [2.45, 2.75) is 20.4 Å². The van der Waals surface area contributed by atoms with Crippen molar-refractivity contribution in [3.05, 3.63) is 72.3 Å². The molecule has 7 nitrogen and oxygen atoms in total. The summed E-state index contributed by atoms with van der Waals surface area (Å²) in [4.78, 5) is 28.6. The number of aromatic nitrogens is 2. The number of benzene rings is 2. The molecule has 3 aromatic rings. The van der Waals surface area contributed by atoms with Gasteiger partial charge in [0.2, 0.25) is 5.91 Å². The van der Waals surface area contributed by atoms with Crippen LogP contribution in [0, 0.1) is 6.92 Å². The Kier molecular flexibility index (Phi) is 6.06. The molecule has 0 spiro atoms. The first kappa shape index (κ1) is 19.2. The van der Waals surface area contributed by atoms with Crippen molar-refractivity contribution in [2.75, 3.05) is 17.2 Å². The lowest BCUT2D eigenvalue weighted by molar-refractivity contribution is -0.116. The van der Waals surface area contributed by atoms with Gasteiger partial charge in [-0.05, 0) is 62.4 Å². The molecule has 2 amide bonds. The smallest absolute Gasteiger partial charge is 0.255 e. The van der Waals surface area contributed by atoms with Crippen LogP contribution in [0.5, 0.6) is 5.75 Å². The van der Waals surface area contributed by atoms with Gasteiger partial charge in [-0.15, -0.1) is 0 Å². The molecule has 0 aliphatic rings. The van der Waals surface area contributed by atoms with Crippen LogP contribution in [-0.2, 0) is 11.3 Å². The quantitative estimate of drug-likeness (QED) is 0.659. The standard InChI is InChI=1S/C21H22N4O3/c1-3-28-19-10-8-18(9-11-19)24-21(27)16-4-6-17(7-5-16)23-20(26)14-25-13-12-22-15(25)2/h4-13H,3,14H2,1-2H3,(H,23,26)(H,24,27). The van der Waals surface area contributed by atoms with Gasteiger partial charge in [0.05, 0.1) is 6.61 Å². The van der Waals surface area contributed by atoms with Crippen molar-refractivity contribution in [1.82, 2.24) is 9.55 Å². The van der Waals surface area contributed by atoms with E-state index in [2.05, 4.69) is 15.6 Å². The number of rotatable bonds is 7. The second kappa shape index (κ2) is 8.85. The van der Waals surface area contributed by atoms with E-state index >= 15 is 0 Å². The minimum absolute atomic E-state index is 0.160. The zero-order chi connectivity index (χ0) is 19.9. The molecule has 0 aliphatic heterocycles. The summed E-state index contributed by atoms with van der Waals surface area (Å²) >= 11 is 0. The maximum atomic E-state index is 12.4. The van der Waals surface area contributed by atoms with E-state index in [-0.39, 0.29) is 18.4 Å². The molecule has 0 unspecified atom stereocenters. The lowest BCUT2D eigenvalue weighted by atomic mass is 10.2. The van der Waals surface area contributed by atoms with E-state index < -0.39 is 0 Å². The summed E-state index contributed by atoms with van der Waals surface area (Å²) in [6.45, 7) is 4.54. The van der Waals surface area contributed by atoms with Gasteiger partial charge < -0.3 is 19.9 Å². The summed E-state index contributed by atoms with van der Waals surface area (Å²) in [7, 11) is 0. The third kappa shape index (κ3) is 4.97. The Morgan fingerprint density at radius 2 is 1.64 bits per heavy atom. The number of anilines is 2. The Hall–Kier alpha value is -3.61. The predicted octanol–water partition coefficient (Wildman–Crippen LogP) is 3.48. The molecule has 0 radical (unpaired) electrons. The summed E-state index contributed by atoms with van der Waals surface area (Å²) in [5.41, 5.74) is 1.80. The third-order valence-electron chi connectivity index (χ3n) is 4.09. The highest BCUT2D eigenvalue weighted by Gasteiger charge is 2.09. The van der Waals surface area contributed by atoms with E-state index in [9.17, 15) is 9.59 Å². The molecule has 144 valence electrons. The van der Waals surface area contributed by atoms with Crippen LogP contribution in [0.3, 0.4) is 0 Å². The summed E-state index contributed by atoms with van der Waals surface area (Å²) in [5, 5.41) is 5.64. The zero-order valence-corrected chi connectivity index (χ0v) is 15.8.